The molecule has 3 heterocycles. The minimum Gasteiger partial charge on any atom is -0.361 e. The van der Waals surface area contributed by atoms with Gasteiger partial charge in [0.05, 0.1) is 16.6 Å². The molecule has 0 atom stereocenters. The van der Waals surface area contributed by atoms with Gasteiger partial charge < -0.3 is 9.55 Å². The lowest BCUT2D eigenvalue weighted by Crippen LogP contribution is -2.24. The predicted molar refractivity (Wildman–Crippen MR) is 120 cm³/mol. The molecule has 31 heavy (non-hydrogen) atoms. The van der Waals surface area contributed by atoms with Crippen molar-refractivity contribution in [2.75, 3.05) is 0 Å². The average Bonchev–Trinajstić information content (AvgIpc) is 3.29. The highest BCUT2D eigenvalue weighted by Gasteiger charge is 2.16. The number of nitrogens with zero attached hydrogens (tertiary/aromatic N) is 2. The van der Waals surface area contributed by atoms with Gasteiger partial charge in [-0.3, -0.25) is 14.7 Å². The van der Waals surface area contributed by atoms with E-state index < -0.39 is 0 Å². The number of fused-ring (bicyclic) bond motifs is 2. The monoisotopic (exact) mass is 436 g/mol. The number of aromatic nitrogens is 4. The number of H-pyrrole nitrogens is 2. The fraction of sp³-hybridized carbons (Fsp3) is 0.130. The summed E-state index contributed by atoms with van der Waals surface area (Å²) in [4.78, 5) is 29.0. The Kier molecular flexibility index (Phi) is 4.55. The van der Waals surface area contributed by atoms with E-state index in [1.807, 2.05) is 6.20 Å². The molecule has 0 amide bonds. The van der Waals surface area contributed by atoms with Crippen LogP contribution in [0.3, 0.4) is 0 Å². The summed E-state index contributed by atoms with van der Waals surface area (Å²) in [6.45, 7) is 2.13. The van der Waals surface area contributed by atoms with E-state index in [1.54, 1.807) is 41.8 Å². The van der Waals surface area contributed by atoms with Crippen molar-refractivity contribution in [3.8, 4) is 5.69 Å². The molecular formula is C23H18ClFN4O2. The molecule has 0 aliphatic rings. The molecule has 0 spiro atoms. The van der Waals surface area contributed by atoms with Gasteiger partial charge in [0.15, 0.2) is 0 Å². The summed E-state index contributed by atoms with van der Waals surface area (Å²) in [6.07, 6.45) is 2.35. The van der Waals surface area contributed by atoms with Crippen LogP contribution in [0.25, 0.3) is 27.5 Å². The van der Waals surface area contributed by atoms with E-state index in [9.17, 15) is 14.0 Å². The summed E-state index contributed by atoms with van der Waals surface area (Å²) in [5.41, 5.74) is 3.00. The summed E-state index contributed by atoms with van der Waals surface area (Å²) in [5.74, 6) is -0.307. The second kappa shape index (κ2) is 7.28. The first kappa shape index (κ1) is 19.4. The van der Waals surface area contributed by atoms with Crippen LogP contribution in [0, 0.1) is 12.7 Å². The molecule has 2 N–H and O–H groups in total. The number of rotatable bonds is 4. The zero-order chi connectivity index (χ0) is 21.7. The van der Waals surface area contributed by atoms with Crippen LogP contribution in [0.1, 0.15) is 11.3 Å². The van der Waals surface area contributed by atoms with Crippen LogP contribution in [0.15, 0.2) is 64.3 Å². The molecule has 0 saturated heterocycles. The lowest BCUT2D eigenvalue weighted by atomic mass is 10.1. The molecular weight excluding hydrogens is 419 g/mol. The van der Waals surface area contributed by atoms with Crippen LogP contribution in [-0.2, 0) is 13.0 Å². The molecule has 156 valence electrons. The summed E-state index contributed by atoms with van der Waals surface area (Å²) in [7, 11) is 0. The highest BCUT2D eigenvalue weighted by molar-refractivity contribution is 6.30. The Bertz CT molecular complexity index is 1560. The molecule has 0 fully saturated rings. The number of nitrogens with one attached hydrogen (secondary N) is 2. The maximum atomic E-state index is 13.7. The highest BCUT2D eigenvalue weighted by Crippen LogP contribution is 2.21. The number of hydrogen-bond donors (Lipinski definition) is 2. The van der Waals surface area contributed by atoms with Gasteiger partial charge >= 0.3 is 0 Å². The molecule has 8 heteroatoms. The topological polar surface area (TPSA) is 75.6 Å². The van der Waals surface area contributed by atoms with Gasteiger partial charge in [0.2, 0.25) is 0 Å². The Labute approximate surface area is 180 Å². The molecule has 5 rings (SSSR count). The average molecular weight is 437 g/mol. The number of pyridine rings is 1. The Balaban J connectivity index is 1.55. The van der Waals surface area contributed by atoms with Crippen LogP contribution in [0.2, 0.25) is 5.02 Å². The number of aromatic amines is 2. The van der Waals surface area contributed by atoms with Crippen molar-refractivity contribution in [2.24, 2.45) is 0 Å². The minimum atomic E-state index is -0.307. The van der Waals surface area contributed by atoms with E-state index in [1.165, 1.54) is 22.9 Å². The van der Waals surface area contributed by atoms with E-state index in [0.29, 0.717) is 40.3 Å². The third kappa shape index (κ3) is 3.27. The van der Waals surface area contributed by atoms with E-state index in [-0.39, 0.29) is 16.9 Å². The van der Waals surface area contributed by atoms with Gasteiger partial charge in [0.1, 0.15) is 5.82 Å². The summed E-state index contributed by atoms with van der Waals surface area (Å²) >= 11 is 5.94. The van der Waals surface area contributed by atoms with Crippen LogP contribution < -0.4 is 11.1 Å². The fourth-order valence-corrected chi connectivity index (χ4v) is 4.18. The van der Waals surface area contributed by atoms with E-state index >= 15 is 0 Å². The van der Waals surface area contributed by atoms with Gasteiger partial charge in [-0.05, 0) is 61.4 Å². The zero-order valence-corrected chi connectivity index (χ0v) is 17.3. The first-order valence-corrected chi connectivity index (χ1v) is 10.2. The van der Waals surface area contributed by atoms with E-state index in [0.717, 1.165) is 16.5 Å². The van der Waals surface area contributed by atoms with Gasteiger partial charge in [0, 0.05) is 40.4 Å². The SMILES string of the molecule is Cc1c2c(=O)n(-c3ccc(Cl)cc3)[nH]c2cc(=O)n1CCc1c[nH]c2ccc(F)cc12. The summed E-state index contributed by atoms with van der Waals surface area (Å²) in [6, 6.07) is 12.9. The van der Waals surface area contributed by atoms with Gasteiger partial charge in [-0.15, -0.1) is 0 Å². The van der Waals surface area contributed by atoms with Crippen LogP contribution in [0.4, 0.5) is 4.39 Å². The Morgan fingerprint density at radius 2 is 1.81 bits per heavy atom. The smallest absolute Gasteiger partial charge is 0.280 e. The van der Waals surface area contributed by atoms with Crippen LogP contribution >= 0.6 is 11.6 Å². The maximum Gasteiger partial charge on any atom is 0.280 e. The minimum absolute atomic E-state index is 0.208. The van der Waals surface area contributed by atoms with E-state index in [4.69, 9.17) is 11.6 Å². The first-order chi connectivity index (χ1) is 14.9. The van der Waals surface area contributed by atoms with Crippen molar-refractivity contribution < 1.29 is 4.39 Å². The molecule has 0 radical (unpaired) electrons. The lowest BCUT2D eigenvalue weighted by molar-refractivity contribution is 0.629. The number of benzene rings is 2. The number of aryl methyl sites for hydroxylation is 2. The van der Waals surface area contributed by atoms with Gasteiger partial charge in [-0.1, -0.05) is 11.6 Å². The fourth-order valence-electron chi connectivity index (χ4n) is 4.05. The normalized spacial score (nSPS) is 11.6. The van der Waals surface area contributed by atoms with Gasteiger partial charge in [-0.2, -0.15) is 0 Å². The van der Waals surface area contributed by atoms with Crippen molar-refractivity contribution >= 4 is 33.4 Å². The van der Waals surface area contributed by atoms with Gasteiger partial charge in [-0.25, -0.2) is 9.07 Å². The second-order valence-electron chi connectivity index (χ2n) is 7.49. The molecule has 0 aliphatic carbocycles. The zero-order valence-electron chi connectivity index (χ0n) is 16.6. The van der Waals surface area contributed by atoms with Crippen molar-refractivity contribution in [3.63, 3.8) is 0 Å². The molecule has 5 aromatic rings. The molecule has 0 bridgehead atoms. The molecule has 6 nitrogen and oxygen atoms in total. The number of hydrogen-bond acceptors (Lipinski definition) is 2. The standard InChI is InChI=1S/C23H18ClFN4O2/c1-13-22-20(27-29(23(22)31)17-5-2-15(24)3-6-17)11-21(30)28(13)9-8-14-12-26-19-7-4-16(25)10-18(14)19/h2-7,10-12,26-27H,8-9H2,1H3. The summed E-state index contributed by atoms with van der Waals surface area (Å²) < 4.78 is 16.6. The predicted octanol–water partition coefficient (Wildman–Crippen LogP) is 4.31. The highest BCUT2D eigenvalue weighted by atomic mass is 35.5. The largest absolute Gasteiger partial charge is 0.361 e. The van der Waals surface area contributed by atoms with Crippen LogP contribution in [-0.4, -0.2) is 19.3 Å². The van der Waals surface area contributed by atoms with Crippen molar-refractivity contribution in [1.82, 2.24) is 19.3 Å². The third-order valence-corrected chi connectivity index (χ3v) is 5.89. The Morgan fingerprint density at radius 3 is 2.58 bits per heavy atom. The lowest BCUT2D eigenvalue weighted by Gasteiger charge is -2.09. The molecule has 0 saturated carbocycles. The Morgan fingerprint density at radius 1 is 1.03 bits per heavy atom. The van der Waals surface area contributed by atoms with Crippen molar-refractivity contribution in [3.05, 3.63) is 97.5 Å². The molecule has 0 unspecified atom stereocenters. The molecule has 0 aliphatic heterocycles. The molecule has 3 aromatic heterocycles. The first-order valence-electron chi connectivity index (χ1n) is 9.79. The van der Waals surface area contributed by atoms with Crippen molar-refractivity contribution in [2.45, 2.75) is 19.9 Å². The number of halogens is 2. The quantitative estimate of drug-likeness (QED) is 0.440. The maximum absolute atomic E-state index is 13.7. The summed E-state index contributed by atoms with van der Waals surface area (Å²) in [5, 5.41) is 4.83. The van der Waals surface area contributed by atoms with Crippen LogP contribution in [0.5, 0.6) is 0 Å². The third-order valence-electron chi connectivity index (χ3n) is 5.64. The Hall–Kier alpha value is -3.58. The van der Waals surface area contributed by atoms with Gasteiger partial charge in [0.25, 0.3) is 11.1 Å². The van der Waals surface area contributed by atoms with E-state index in [2.05, 4.69) is 10.1 Å². The van der Waals surface area contributed by atoms with Crippen molar-refractivity contribution in [1.29, 1.82) is 0 Å². The molecule has 2 aromatic carbocycles. The second-order valence-corrected chi connectivity index (χ2v) is 7.93.